The molecule has 0 unspecified atom stereocenters. The normalized spacial score (nSPS) is 10.6. The number of nitrogens with one attached hydrogen (secondary N) is 1. The van der Waals surface area contributed by atoms with Crippen molar-refractivity contribution in [3.05, 3.63) is 75.7 Å². The van der Waals surface area contributed by atoms with Gasteiger partial charge in [-0.2, -0.15) is 0 Å². The Balaban J connectivity index is 1.68. The predicted molar refractivity (Wildman–Crippen MR) is 89.5 cm³/mol. The van der Waals surface area contributed by atoms with Crippen LogP contribution in [0.15, 0.2) is 53.1 Å². The molecule has 0 saturated heterocycles. The van der Waals surface area contributed by atoms with Crippen molar-refractivity contribution < 1.29 is 13.7 Å². The summed E-state index contributed by atoms with van der Waals surface area (Å²) in [6.07, 6.45) is 0. The van der Waals surface area contributed by atoms with Crippen LogP contribution in [0.25, 0.3) is 11.3 Å². The maximum absolute atomic E-state index is 12.9. The van der Waals surface area contributed by atoms with E-state index in [-0.39, 0.29) is 18.1 Å². The van der Waals surface area contributed by atoms with Crippen LogP contribution in [0.2, 0.25) is 10.0 Å². The lowest BCUT2D eigenvalue weighted by molar-refractivity contribution is 0.0942. The van der Waals surface area contributed by atoms with Gasteiger partial charge >= 0.3 is 0 Å². The fourth-order valence-corrected chi connectivity index (χ4v) is 2.54. The topological polar surface area (TPSA) is 55.1 Å². The Morgan fingerprint density at radius 3 is 2.58 bits per heavy atom. The number of hydrogen-bond acceptors (Lipinski definition) is 3. The van der Waals surface area contributed by atoms with E-state index >= 15 is 0 Å². The van der Waals surface area contributed by atoms with Crippen molar-refractivity contribution in [3.63, 3.8) is 0 Å². The Bertz CT molecular complexity index is 879. The van der Waals surface area contributed by atoms with Gasteiger partial charge in [0.1, 0.15) is 5.82 Å². The number of benzene rings is 2. The Hall–Kier alpha value is -2.37. The van der Waals surface area contributed by atoms with Gasteiger partial charge in [-0.1, -0.05) is 34.4 Å². The molecule has 1 N–H and O–H groups in total. The molecule has 3 rings (SSSR count). The first-order chi connectivity index (χ1) is 11.5. The third-order valence-corrected chi connectivity index (χ3v) is 3.91. The molecular formula is C17H11Cl2FN2O2. The third kappa shape index (κ3) is 3.75. The van der Waals surface area contributed by atoms with Crippen LogP contribution in [-0.4, -0.2) is 11.1 Å². The largest absolute Gasteiger partial charge is 0.355 e. The van der Waals surface area contributed by atoms with Crippen LogP contribution < -0.4 is 5.32 Å². The highest BCUT2D eigenvalue weighted by Crippen LogP contribution is 2.22. The zero-order chi connectivity index (χ0) is 17.1. The van der Waals surface area contributed by atoms with Crippen molar-refractivity contribution in [1.29, 1.82) is 0 Å². The van der Waals surface area contributed by atoms with Crippen molar-refractivity contribution in [2.75, 3.05) is 0 Å². The molecule has 3 aromatic rings. The molecule has 0 bridgehead atoms. The minimum absolute atomic E-state index is 0.124. The number of amides is 1. The predicted octanol–water partition coefficient (Wildman–Crippen LogP) is 4.72. The molecule has 0 fully saturated rings. The van der Waals surface area contributed by atoms with E-state index in [9.17, 15) is 9.18 Å². The van der Waals surface area contributed by atoms with Crippen molar-refractivity contribution in [1.82, 2.24) is 10.5 Å². The van der Waals surface area contributed by atoms with E-state index in [4.69, 9.17) is 27.7 Å². The zero-order valence-electron chi connectivity index (χ0n) is 12.2. The second-order valence-corrected chi connectivity index (χ2v) is 5.85. The van der Waals surface area contributed by atoms with Crippen LogP contribution in [0.4, 0.5) is 4.39 Å². The van der Waals surface area contributed by atoms with Gasteiger partial charge in [-0.15, -0.1) is 0 Å². The lowest BCUT2D eigenvalue weighted by Gasteiger charge is -2.05. The van der Waals surface area contributed by atoms with Crippen LogP contribution in [0.3, 0.4) is 0 Å². The summed E-state index contributed by atoms with van der Waals surface area (Å²) in [4.78, 5) is 12.1. The van der Waals surface area contributed by atoms with E-state index in [1.807, 2.05) is 0 Å². The minimum Gasteiger partial charge on any atom is -0.355 e. The number of halogens is 3. The van der Waals surface area contributed by atoms with E-state index in [1.165, 1.54) is 18.2 Å². The number of nitrogens with zero attached hydrogens (tertiary/aromatic N) is 1. The number of carbonyl (C=O) groups is 1. The lowest BCUT2D eigenvalue weighted by Crippen LogP contribution is -2.23. The van der Waals surface area contributed by atoms with Gasteiger partial charge in [0.2, 0.25) is 0 Å². The molecule has 122 valence electrons. The standard InChI is InChI=1S/C17H11Cl2FN2O2/c18-12-4-1-11(14(19)7-12)9-21-17(23)15-8-16(24-22-15)10-2-5-13(20)6-3-10/h1-8H,9H2,(H,21,23). The first-order valence-electron chi connectivity index (χ1n) is 6.98. The molecule has 0 aliphatic rings. The van der Waals surface area contributed by atoms with Gasteiger partial charge in [0.05, 0.1) is 0 Å². The van der Waals surface area contributed by atoms with E-state index in [0.717, 1.165) is 5.56 Å². The molecule has 7 heteroatoms. The molecule has 0 atom stereocenters. The molecule has 0 spiro atoms. The van der Waals surface area contributed by atoms with Gasteiger partial charge in [-0.25, -0.2) is 4.39 Å². The average molecular weight is 365 g/mol. The molecule has 0 radical (unpaired) electrons. The second kappa shape index (κ2) is 7.03. The molecule has 1 aromatic heterocycles. The van der Waals surface area contributed by atoms with Crippen LogP contribution in [0.5, 0.6) is 0 Å². The van der Waals surface area contributed by atoms with Gasteiger partial charge in [-0.3, -0.25) is 4.79 Å². The first kappa shape index (κ1) is 16.5. The number of hydrogen-bond donors (Lipinski definition) is 1. The number of rotatable bonds is 4. The molecule has 24 heavy (non-hydrogen) atoms. The molecule has 0 aliphatic heterocycles. The average Bonchev–Trinajstić information content (AvgIpc) is 3.04. The van der Waals surface area contributed by atoms with Crippen molar-refractivity contribution in [2.45, 2.75) is 6.54 Å². The Morgan fingerprint density at radius 2 is 1.88 bits per heavy atom. The van der Waals surface area contributed by atoms with Crippen LogP contribution in [0.1, 0.15) is 16.1 Å². The molecular weight excluding hydrogens is 354 g/mol. The number of aromatic nitrogens is 1. The van der Waals surface area contributed by atoms with E-state index in [1.54, 1.807) is 30.3 Å². The Kier molecular flexibility index (Phi) is 4.83. The quantitative estimate of drug-likeness (QED) is 0.728. The highest BCUT2D eigenvalue weighted by Gasteiger charge is 2.14. The highest BCUT2D eigenvalue weighted by atomic mass is 35.5. The summed E-state index contributed by atoms with van der Waals surface area (Å²) in [5.74, 6) is -0.376. The first-order valence-corrected chi connectivity index (χ1v) is 7.73. The fourth-order valence-electron chi connectivity index (χ4n) is 2.06. The molecule has 0 aliphatic carbocycles. The van der Waals surface area contributed by atoms with Gasteiger partial charge in [-0.05, 0) is 42.0 Å². The van der Waals surface area contributed by atoms with Crippen molar-refractivity contribution in [2.24, 2.45) is 0 Å². The van der Waals surface area contributed by atoms with E-state index < -0.39 is 5.91 Å². The summed E-state index contributed by atoms with van der Waals surface area (Å²) in [5.41, 5.74) is 1.49. The summed E-state index contributed by atoms with van der Waals surface area (Å²) in [6.45, 7) is 0.230. The maximum atomic E-state index is 12.9. The zero-order valence-corrected chi connectivity index (χ0v) is 13.7. The fraction of sp³-hybridized carbons (Fsp3) is 0.0588. The van der Waals surface area contributed by atoms with Crippen LogP contribution in [0, 0.1) is 5.82 Å². The summed E-state index contributed by atoms with van der Waals surface area (Å²) in [6, 6.07) is 12.2. The smallest absolute Gasteiger partial charge is 0.273 e. The maximum Gasteiger partial charge on any atom is 0.273 e. The molecule has 1 amide bonds. The minimum atomic E-state index is -0.405. The summed E-state index contributed by atoms with van der Waals surface area (Å²) >= 11 is 11.9. The van der Waals surface area contributed by atoms with Crippen molar-refractivity contribution in [3.8, 4) is 11.3 Å². The number of carbonyl (C=O) groups excluding carboxylic acids is 1. The molecule has 2 aromatic carbocycles. The Morgan fingerprint density at radius 1 is 1.12 bits per heavy atom. The van der Waals surface area contributed by atoms with Gasteiger partial charge < -0.3 is 9.84 Å². The molecule has 4 nitrogen and oxygen atoms in total. The van der Waals surface area contributed by atoms with E-state index in [0.29, 0.717) is 21.4 Å². The van der Waals surface area contributed by atoms with Gasteiger partial charge in [0.25, 0.3) is 5.91 Å². The molecule has 1 heterocycles. The lowest BCUT2D eigenvalue weighted by atomic mass is 10.1. The SMILES string of the molecule is O=C(NCc1ccc(Cl)cc1Cl)c1cc(-c2ccc(F)cc2)on1. The monoisotopic (exact) mass is 364 g/mol. The van der Waals surface area contributed by atoms with Gasteiger partial charge in [0, 0.05) is 28.2 Å². The highest BCUT2D eigenvalue weighted by molar-refractivity contribution is 6.35. The summed E-state index contributed by atoms with van der Waals surface area (Å²) < 4.78 is 18.1. The van der Waals surface area contributed by atoms with E-state index in [2.05, 4.69) is 10.5 Å². The summed E-state index contributed by atoms with van der Waals surface area (Å²) in [5, 5.41) is 7.42. The third-order valence-electron chi connectivity index (χ3n) is 3.33. The van der Waals surface area contributed by atoms with Crippen LogP contribution >= 0.6 is 23.2 Å². The summed E-state index contributed by atoms with van der Waals surface area (Å²) in [7, 11) is 0. The van der Waals surface area contributed by atoms with Crippen molar-refractivity contribution >= 4 is 29.1 Å². The molecule has 0 saturated carbocycles. The second-order valence-electron chi connectivity index (χ2n) is 5.00. The van der Waals surface area contributed by atoms with Crippen LogP contribution in [-0.2, 0) is 6.54 Å². The van der Waals surface area contributed by atoms with Gasteiger partial charge in [0.15, 0.2) is 11.5 Å². The Labute approximate surface area is 147 Å².